The van der Waals surface area contributed by atoms with Gasteiger partial charge in [-0.3, -0.25) is 10.2 Å². The van der Waals surface area contributed by atoms with Crippen molar-refractivity contribution in [1.82, 2.24) is 24.8 Å². The van der Waals surface area contributed by atoms with Gasteiger partial charge in [0.1, 0.15) is 24.1 Å². The predicted octanol–water partition coefficient (Wildman–Crippen LogP) is -0.419. The molecule has 1 amide bonds. The van der Waals surface area contributed by atoms with E-state index in [1.165, 1.54) is 6.33 Å². The lowest BCUT2D eigenvalue weighted by molar-refractivity contribution is -0.143. The van der Waals surface area contributed by atoms with Gasteiger partial charge in [0.25, 0.3) is 0 Å². The molecule has 0 spiro atoms. The summed E-state index contributed by atoms with van der Waals surface area (Å²) < 4.78 is 1.55. The molecule has 0 aliphatic carbocycles. The monoisotopic (exact) mass is 385 g/mol. The largest absolute Gasteiger partial charge is 0.480 e. The van der Waals surface area contributed by atoms with Crippen LogP contribution in [0.1, 0.15) is 11.3 Å². The van der Waals surface area contributed by atoms with Crippen LogP contribution in [0.2, 0.25) is 0 Å². The summed E-state index contributed by atoms with van der Waals surface area (Å²) in [7, 11) is 0. The first-order valence-corrected chi connectivity index (χ1v) is 8.29. The number of aliphatic hydroxyl groups is 1. The molecule has 3 aromatic rings. The van der Waals surface area contributed by atoms with Crippen molar-refractivity contribution in [2.75, 3.05) is 6.61 Å². The number of nitrogens with two attached hydrogens (primary N) is 1. The van der Waals surface area contributed by atoms with Crippen molar-refractivity contribution < 1.29 is 19.8 Å². The Bertz CT molecular complexity index is 1070. The Morgan fingerprint density at radius 2 is 2.18 bits per heavy atom. The number of aliphatic carboxylic acids is 1. The molecule has 1 unspecified atom stereocenters. The van der Waals surface area contributed by atoms with Crippen molar-refractivity contribution in [2.24, 2.45) is 5.73 Å². The van der Waals surface area contributed by atoms with E-state index in [2.05, 4.69) is 20.3 Å². The molecular weight excluding hydrogens is 366 g/mol. The van der Waals surface area contributed by atoms with Gasteiger partial charge in [-0.25, -0.2) is 14.8 Å². The number of aromatic nitrogens is 4. The Morgan fingerprint density at radius 3 is 2.82 bits per heavy atom. The van der Waals surface area contributed by atoms with E-state index >= 15 is 0 Å². The van der Waals surface area contributed by atoms with Crippen LogP contribution in [0.15, 0.2) is 24.5 Å². The number of aromatic amines is 1. The molecule has 2 heterocycles. The number of carboxylic acid groups (broad SMARTS) is 1. The normalized spacial score (nSPS) is 12.1. The lowest BCUT2D eigenvalue weighted by Gasteiger charge is -2.12. The number of benzene rings is 1. The molecule has 11 nitrogen and oxygen atoms in total. The SMILES string of the molecule is Cc1c(-c2nc3ccc(C(=N)N)cc3[nH]2)ncn1CC(=O)NC(CO)C(=O)O. The summed E-state index contributed by atoms with van der Waals surface area (Å²) in [6.07, 6.45) is 1.45. The number of amidine groups is 1. The highest BCUT2D eigenvalue weighted by Crippen LogP contribution is 2.23. The number of carboxylic acids is 1. The van der Waals surface area contributed by atoms with Crippen molar-refractivity contribution >= 4 is 28.7 Å². The highest BCUT2D eigenvalue weighted by atomic mass is 16.4. The van der Waals surface area contributed by atoms with E-state index in [1.54, 1.807) is 29.7 Å². The number of rotatable bonds is 7. The maximum Gasteiger partial charge on any atom is 0.328 e. The predicted molar refractivity (Wildman–Crippen MR) is 99.7 cm³/mol. The molecule has 0 saturated heterocycles. The molecule has 1 atom stereocenters. The minimum atomic E-state index is -1.36. The van der Waals surface area contributed by atoms with Crippen molar-refractivity contribution in [3.8, 4) is 11.5 Å². The highest BCUT2D eigenvalue weighted by Gasteiger charge is 2.20. The van der Waals surface area contributed by atoms with Gasteiger partial charge in [-0.05, 0) is 25.1 Å². The van der Waals surface area contributed by atoms with E-state index in [0.717, 1.165) is 0 Å². The van der Waals surface area contributed by atoms with Crippen molar-refractivity contribution in [3.05, 3.63) is 35.8 Å². The number of fused-ring (bicyclic) bond motifs is 1. The molecule has 11 heteroatoms. The minimum Gasteiger partial charge on any atom is -0.480 e. The fourth-order valence-corrected chi connectivity index (χ4v) is 2.70. The van der Waals surface area contributed by atoms with Gasteiger partial charge in [0, 0.05) is 11.3 Å². The standard InChI is InChI=1S/C17H19N7O4/c1-8-14(16-22-10-3-2-9(15(18)19)4-11(10)23-16)20-7-24(8)5-13(26)21-12(6-25)17(27)28/h2-4,7,12,25H,5-6H2,1H3,(H3,18,19)(H,21,26)(H,22,23)(H,27,28). The van der Waals surface area contributed by atoms with Crippen LogP contribution in [-0.2, 0) is 16.1 Å². The Hall–Kier alpha value is -3.73. The molecule has 0 radical (unpaired) electrons. The van der Waals surface area contributed by atoms with E-state index in [1.807, 2.05) is 0 Å². The third kappa shape index (κ3) is 3.69. The number of nitrogens with one attached hydrogen (secondary N) is 3. The number of hydrogen-bond acceptors (Lipinski definition) is 6. The number of nitrogens with zero attached hydrogens (tertiary/aromatic N) is 3. The number of nitrogen functional groups attached to an aromatic ring is 1. The van der Waals surface area contributed by atoms with E-state index in [-0.39, 0.29) is 12.4 Å². The zero-order valence-corrected chi connectivity index (χ0v) is 14.9. The number of amides is 1. The number of carbonyl (C=O) groups is 2. The van der Waals surface area contributed by atoms with E-state index in [9.17, 15) is 9.59 Å². The van der Waals surface area contributed by atoms with Crippen LogP contribution < -0.4 is 11.1 Å². The molecule has 0 fully saturated rings. The number of hydrogen-bond donors (Lipinski definition) is 6. The summed E-state index contributed by atoms with van der Waals surface area (Å²) in [5.41, 5.74) is 8.63. The van der Waals surface area contributed by atoms with Gasteiger partial charge < -0.3 is 30.8 Å². The maximum atomic E-state index is 12.0. The first-order chi connectivity index (χ1) is 13.3. The number of imidazole rings is 2. The Kier molecular flexibility index (Phi) is 5.09. The zero-order valence-electron chi connectivity index (χ0n) is 14.9. The lowest BCUT2D eigenvalue weighted by Crippen LogP contribution is -2.44. The second-order valence-corrected chi connectivity index (χ2v) is 6.18. The molecule has 2 aromatic heterocycles. The van der Waals surface area contributed by atoms with Crippen LogP contribution in [0, 0.1) is 12.3 Å². The summed E-state index contributed by atoms with van der Waals surface area (Å²) in [5.74, 6) is -1.44. The quantitative estimate of drug-likeness (QED) is 0.236. The van der Waals surface area contributed by atoms with E-state index < -0.39 is 24.5 Å². The molecular formula is C17H19N7O4. The lowest BCUT2D eigenvalue weighted by atomic mass is 10.2. The van der Waals surface area contributed by atoms with Crippen LogP contribution in [-0.4, -0.2) is 60.1 Å². The van der Waals surface area contributed by atoms with Gasteiger partial charge in [-0.2, -0.15) is 0 Å². The summed E-state index contributed by atoms with van der Waals surface area (Å²) in [6, 6.07) is 3.80. The first kappa shape index (κ1) is 19.0. The third-order valence-electron chi connectivity index (χ3n) is 4.25. The maximum absolute atomic E-state index is 12.0. The second kappa shape index (κ2) is 7.48. The smallest absolute Gasteiger partial charge is 0.328 e. The molecule has 28 heavy (non-hydrogen) atoms. The van der Waals surface area contributed by atoms with Gasteiger partial charge in [0.05, 0.1) is 24.0 Å². The second-order valence-electron chi connectivity index (χ2n) is 6.18. The van der Waals surface area contributed by atoms with Gasteiger partial charge in [0.15, 0.2) is 5.82 Å². The Balaban J connectivity index is 1.83. The molecule has 146 valence electrons. The number of H-pyrrole nitrogens is 1. The minimum absolute atomic E-state index is 0.0490. The summed E-state index contributed by atoms with van der Waals surface area (Å²) in [5, 5.41) is 27.6. The average molecular weight is 385 g/mol. The van der Waals surface area contributed by atoms with Crippen LogP contribution in [0.5, 0.6) is 0 Å². The van der Waals surface area contributed by atoms with Gasteiger partial charge >= 0.3 is 5.97 Å². The Labute approximate surface area is 158 Å². The fourth-order valence-electron chi connectivity index (χ4n) is 2.70. The number of carbonyl (C=O) groups excluding carboxylic acids is 1. The summed E-state index contributed by atoms with van der Waals surface area (Å²) in [6.45, 7) is 0.901. The van der Waals surface area contributed by atoms with Crippen molar-refractivity contribution in [2.45, 2.75) is 19.5 Å². The molecule has 0 aliphatic rings. The summed E-state index contributed by atoms with van der Waals surface area (Å²) in [4.78, 5) is 34.8. The zero-order chi connectivity index (χ0) is 20.4. The van der Waals surface area contributed by atoms with Gasteiger partial charge in [0.2, 0.25) is 5.91 Å². The molecule has 0 bridgehead atoms. The molecule has 3 rings (SSSR count). The van der Waals surface area contributed by atoms with Crippen LogP contribution in [0.4, 0.5) is 0 Å². The average Bonchev–Trinajstić information content (AvgIpc) is 3.22. The summed E-state index contributed by atoms with van der Waals surface area (Å²) >= 11 is 0. The molecule has 0 saturated carbocycles. The molecule has 7 N–H and O–H groups in total. The molecule has 1 aromatic carbocycles. The topological polar surface area (TPSA) is 183 Å². The van der Waals surface area contributed by atoms with Crippen molar-refractivity contribution in [1.29, 1.82) is 5.41 Å². The number of aliphatic hydroxyl groups excluding tert-OH is 1. The van der Waals surface area contributed by atoms with Crippen LogP contribution >= 0.6 is 0 Å². The van der Waals surface area contributed by atoms with E-state index in [4.69, 9.17) is 21.4 Å². The molecule has 0 aliphatic heterocycles. The van der Waals surface area contributed by atoms with Crippen LogP contribution in [0.3, 0.4) is 0 Å². The third-order valence-corrected chi connectivity index (χ3v) is 4.25. The van der Waals surface area contributed by atoms with Crippen molar-refractivity contribution in [3.63, 3.8) is 0 Å². The fraction of sp³-hybridized carbons (Fsp3) is 0.235. The van der Waals surface area contributed by atoms with Gasteiger partial charge in [-0.1, -0.05) is 0 Å². The Morgan fingerprint density at radius 1 is 1.43 bits per heavy atom. The van der Waals surface area contributed by atoms with E-state index in [0.29, 0.717) is 33.8 Å². The first-order valence-electron chi connectivity index (χ1n) is 8.29. The van der Waals surface area contributed by atoms with Crippen LogP contribution in [0.25, 0.3) is 22.6 Å². The van der Waals surface area contributed by atoms with Gasteiger partial charge in [-0.15, -0.1) is 0 Å². The highest BCUT2D eigenvalue weighted by molar-refractivity contribution is 5.98.